The van der Waals surface area contributed by atoms with Gasteiger partial charge < -0.3 is 24.7 Å². The van der Waals surface area contributed by atoms with Crippen molar-refractivity contribution in [2.24, 2.45) is 4.99 Å². The summed E-state index contributed by atoms with van der Waals surface area (Å²) in [6.07, 6.45) is 2.09. The van der Waals surface area contributed by atoms with E-state index in [9.17, 15) is 0 Å². The molecule has 7 nitrogen and oxygen atoms in total. The molecular formula is C23H30IN5O2. The highest BCUT2D eigenvalue weighted by Crippen LogP contribution is 2.24. The van der Waals surface area contributed by atoms with Gasteiger partial charge in [-0.1, -0.05) is 18.2 Å². The van der Waals surface area contributed by atoms with Crippen LogP contribution in [0.5, 0.6) is 0 Å². The molecule has 3 heterocycles. The summed E-state index contributed by atoms with van der Waals surface area (Å²) in [7, 11) is 1.77. The summed E-state index contributed by atoms with van der Waals surface area (Å²) in [6.45, 7) is 7.89. The third-order valence-corrected chi connectivity index (χ3v) is 5.42. The van der Waals surface area contributed by atoms with E-state index in [0.29, 0.717) is 13.1 Å². The minimum atomic E-state index is 0. The van der Waals surface area contributed by atoms with Crippen molar-refractivity contribution in [3.05, 3.63) is 59.5 Å². The first kappa shape index (κ1) is 23.3. The molecule has 1 fully saturated rings. The molecule has 4 rings (SSSR count). The van der Waals surface area contributed by atoms with E-state index >= 15 is 0 Å². The number of benzene rings is 1. The lowest BCUT2D eigenvalue weighted by molar-refractivity contribution is 0.0529. The molecule has 2 aromatic heterocycles. The summed E-state index contributed by atoms with van der Waals surface area (Å²) >= 11 is 0. The number of hydrogen-bond acceptors (Lipinski definition) is 5. The average Bonchev–Trinajstić information content (AvgIpc) is 3.10. The number of aliphatic imine (C=N–C) groups is 1. The molecule has 1 aliphatic rings. The molecule has 0 spiro atoms. The van der Waals surface area contributed by atoms with Crippen molar-refractivity contribution in [3.8, 4) is 0 Å². The van der Waals surface area contributed by atoms with Gasteiger partial charge in [-0.05, 0) is 37.6 Å². The van der Waals surface area contributed by atoms with Crippen LogP contribution in [-0.2, 0) is 17.8 Å². The third-order valence-electron chi connectivity index (χ3n) is 5.42. The van der Waals surface area contributed by atoms with E-state index in [1.165, 1.54) is 0 Å². The second-order valence-electron chi connectivity index (χ2n) is 7.58. The Hall–Kier alpha value is -2.33. The molecular weight excluding hydrogens is 505 g/mol. The van der Waals surface area contributed by atoms with Crippen LogP contribution in [0.3, 0.4) is 0 Å². The zero-order chi connectivity index (χ0) is 20.9. The zero-order valence-electron chi connectivity index (χ0n) is 18.2. The SMILES string of the molecule is CN=C(NCc1ccnc(N2CCOC(C)C2)c1)NCc1oc2ccccc2c1C.I. The molecule has 8 heteroatoms. The third kappa shape index (κ3) is 5.68. The summed E-state index contributed by atoms with van der Waals surface area (Å²) in [5, 5.41) is 7.87. The predicted molar refractivity (Wildman–Crippen MR) is 135 cm³/mol. The van der Waals surface area contributed by atoms with E-state index in [4.69, 9.17) is 9.15 Å². The van der Waals surface area contributed by atoms with E-state index in [2.05, 4.69) is 51.5 Å². The van der Waals surface area contributed by atoms with Crippen LogP contribution in [-0.4, -0.2) is 43.8 Å². The smallest absolute Gasteiger partial charge is 0.191 e. The lowest BCUT2D eigenvalue weighted by Crippen LogP contribution is -2.41. The molecule has 0 amide bonds. The van der Waals surface area contributed by atoms with Crippen molar-refractivity contribution in [2.75, 3.05) is 31.6 Å². The Morgan fingerprint density at radius 2 is 2.03 bits per heavy atom. The van der Waals surface area contributed by atoms with Gasteiger partial charge in [0.1, 0.15) is 17.2 Å². The second-order valence-corrected chi connectivity index (χ2v) is 7.58. The summed E-state index contributed by atoms with van der Waals surface area (Å²) < 4.78 is 11.6. The van der Waals surface area contributed by atoms with Gasteiger partial charge in [0.05, 0.1) is 19.3 Å². The van der Waals surface area contributed by atoms with Crippen molar-refractivity contribution >= 4 is 46.7 Å². The van der Waals surface area contributed by atoms with Crippen molar-refractivity contribution in [1.29, 1.82) is 0 Å². The highest BCUT2D eigenvalue weighted by atomic mass is 127. The van der Waals surface area contributed by atoms with Gasteiger partial charge in [0.15, 0.2) is 5.96 Å². The average molecular weight is 535 g/mol. The Kier molecular flexibility index (Phi) is 8.14. The minimum absolute atomic E-state index is 0. The maximum atomic E-state index is 5.98. The van der Waals surface area contributed by atoms with Crippen molar-refractivity contribution in [1.82, 2.24) is 15.6 Å². The van der Waals surface area contributed by atoms with E-state index in [0.717, 1.165) is 59.3 Å². The second kappa shape index (κ2) is 10.8. The number of furan rings is 1. The first-order valence-corrected chi connectivity index (χ1v) is 10.4. The maximum absolute atomic E-state index is 5.98. The standard InChI is InChI=1S/C23H29N5O2.HI/c1-16-15-28(10-11-29-16)22-12-18(8-9-25-22)13-26-23(24-3)27-14-21-17(2)19-6-4-5-7-20(19)30-21;/h4-9,12,16H,10-11,13-15H2,1-3H3,(H2,24,26,27);1H. The van der Waals surface area contributed by atoms with Crippen LogP contribution >= 0.6 is 24.0 Å². The monoisotopic (exact) mass is 535 g/mol. The van der Waals surface area contributed by atoms with E-state index in [1.807, 2.05) is 30.5 Å². The molecule has 1 aliphatic heterocycles. The van der Waals surface area contributed by atoms with Gasteiger partial charge in [0, 0.05) is 43.8 Å². The molecule has 1 saturated heterocycles. The van der Waals surface area contributed by atoms with E-state index < -0.39 is 0 Å². The van der Waals surface area contributed by atoms with Crippen LogP contribution < -0.4 is 15.5 Å². The first-order valence-electron chi connectivity index (χ1n) is 10.4. The van der Waals surface area contributed by atoms with Crippen LogP contribution in [0.1, 0.15) is 23.8 Å². The largest absolute Gasteiger partial charge is 0.459 e. The Morgan fingerprint density at radius 1 is 1.23 bits per heavy atom. The first-order chi connectivity index (χ1) is 14.6. The fourth-order valence-electron chi connectivity index (χ4n) is 3.73. The topological polar surface area (TPSA) is 74.9 Å². The number of pyridine rings is 1. The molecule has 0 aliphatic carbocycles. The molecule has 166 valence electrons. The quantitative estimate of drug-likeness (QED) is 0.294. The summed E-state index contributed by atoms with van der Waals surface area (Å²) in [5.74, 6) is 2.64. The van der Waals surface area contributed by atoms with Crippen LogP contribution in [0.15, 0.2) is 52.0 Å². The fourth-order valence-corrected chi connectivity index (χ4v) is 3.73. The number of fused-ring (bicyclic) bond motifs is 1. The molecule has 1 atom stereocenters. The number of morpholine rings is 1. The molecule has 2 N–H and O–H groups in total. The number of para-hydroxylation sites is 1. The van der Waals surface area contributed by atoms with Crippen LogP contribution in [0.25, 0.3) is 11.0 Å². The van der Waals surface area contributed by atoms with Crippen molar-refractivity contribution < 1.29 is 9.15 Å². The Balaban J connectivity index is 0.00000272. The Bertz CT molecular complexity index is 1040. The fraction of sp³-hybridized carbons (Fsp3) is 0.391. The highest BCUT2D eigenvalue weighted by molar-refractivity contribution is 14.0. The van der Waals surface area contributed by atoms with Gasteiger partial charge in [-0.2, -0.15) is 0 Å². The molecule has 1 unspecified atom stereocenters. The Morgan fingerprint density at radius 3 is 2.81 bits per heavy atom. The number of aromatic nitrogens is 1. The van der Waals surface area contributed by atoms with Gasteiger partial charge in [0.2, 0.25) is 0 Å². The van der Waals surface area contributed by atoms with Gasteiger partial charge >= 0.3 is 0 Å². The van der Waals surface area contributed by atoms with Crippen molar-refractivity contribution in [3.63, 3.8) is 0 Å². The predicted octanol–water partition coefficient (Wildman–Crippen LogP) is 3.84. The van der Waals surface area contributed by atoms with Gasteiger partial charge in [0.25, 0.3) is 0 Å². The highest BCUT2D eigenvalue weighted by Gasteiger charge is 2.18. The molecule has 0 saturated carbocycles. The van der Waals surface area contributed by atoms with Crippen molar-refractivity contribution in [2.45, 2.75) is 33.0 Å². The molecule has 0 bridgehead atoms. The molecule has 0 radical (unpaired) electrons. The summed E-state index contributed by atoms with van der Waals surface area (Å²) in [4.78, 5) is 11.1. The van der Waals surface area contributed by atoms with Crippen LogP contribution in [0.4, 0.5) is 5.82 Å². The Labute approximate surface area is 200 Å². The van der Waals surface area contributed by atoms with Gasteiger partial charge in [-0.3, -0.25) is 4.99 Å². The number of ether oxygens (including phenoxy) is 1. The van der Waals surface area contributed by atoms with Gasteiger partial charge in [-0.25, -0.2) is 4.98 Å². The van der Waals surface area contributed by atoms with Crippen LogP contribution in [0.2, 0.25) is 0 Å². The number of rotatable bonds is 5. The minimum Gasteiger partial charge on any atom is -0.459 e. The molecule has 31 heavy (non-hydrogen) atoms. The maximum Gasteiger partial charge on any atom is 0.191 e. The molecule has 1 aromatic carbocycles. The number of halogens is 1. The zero-order valence-corrected chi connectivity index (χ0v) is 20.6. The summed E-state index contributed by atoms with van der Waals surface area (Å²) in [6, 6.07) is 12.3. The van der Waals surface area contributed by atoms with E-state index in [-0.39, 0.29) is 30.1 Å². The van der Waals surface area contributed by atoms with E-state index in [1.54, 1.807) is 7.05 Å². The summed E-state index contributed by atoms with van der Waals surface area (Å²) in [5.41, 5.74) is 3.23. The number of anilines is 1. The molecule has 3 aromatic rings. The van der Waals surface area contributed by atoms with Gasteiger partial charge in [-0.15, -0.1) is 24.0 Å². The van der Waals surface area contributed by atoms with Crippen LogP contribution in [0, 0.1) is 6.92 Å². The number of hydrogen-bond donors (Lipinski definition) is 2. The lowest BCUT2D eigenvalue weighted by atomic mass is 10.1. The number of nitrogens with zero attached hydrogens (tertiary/aromatic N) is 3. The number of aryl methyl sites for hydroxylation is 1. The lowest BCUT2D eigenvalue weighted by Gasteiger charge is -2.32. The number of guanidine groups is 1. The number of nitrogens with one attached hydrogen (secondary N) is 2. The normalized spacial score (nSPS) is 16.8.